The molecule has 3 nitrogen and oxygen atoms in total. The molecule has 0 spiro atoms. The van der Waals surface area contributed by atoms with Gasteiger partial charge < -0.3 is 5.73 Å². The third-order valence-electron chi connectivity index (χ3n) is 1.86. The minimum Gasteiger partial charge on any atom is -0.382 e. The van der Waals surface area contributed by atoms with Gasteiger partial charge in [-0.05, 0) is 18.2 Å². The second kappa shape index (κ2) is 3.82. The molecular weight excluding hydrogens is 217 g/mol. The predicted octanol–water partition coefficient (Wildman–Crippen LogP) is 2.52. The van der Waals surface area contributed by atoms with Crippen LogP contribution >= 0.6 is 11.6 Å². The highest BCUT2D eigenvalue weighted by atomic mass is 35.5. The van der Waals surface area contributed by atoms with E-state index < -0.39 is 5.82 Å². The average molecular weight is 224 g/mol. The van der Waals surface area contributed by atoms with Gasteiger partial charge in [-0.15, -0.1) is 0 Å². The molecule has 0 aliphatic heterocycles. The second-order valence-corrected chi connectivity index (χ2v) is 3.39. The molecule has 2 N–H and O–H groups in total. The molecule has 1 aromatic heterocycles. The highest BCUT2D eigenvalue weighted by Gasteiger charge is 2.07. The fraction of sp³-hybridized carbons (Fsp3) is 0. The minimum atomic E-state index is -0.403. The molecule has 0 radical (unpaired) electrons. The molecule has 2 rings (SSSR count). The van der Waals surface area contributed by atoms with E-state index in [4.69, 9.17) is 17.3 Å². The number of nitrogen functional groups attached to an aromatic ring is 1. The van der Waals surface area contributed by atoms with Crippen LogP contribution in [0.1, 0.15) is 0 Å². The Labute approximate surface area is 90.7 Å². The summed E-state index contributed by atoms with van der Waals surface area (Å²) >= 11 is 5.76. The van der Waals surface area contributed by atoms with E-state index in [-0.39, 0.29) is 5.82 Å². The van der Waals surface area contributed by atoms with Crippen molar-refractivity contribution >= 4 is 17.4 Å². The zero-order valence-corrected chi connectivity index (χ0v) is 8.37. The summed E-state index contributed by atoms with van der Waals surface area (Å²) in [6.07, 6.45) is 2.83. The van der Waals surface area contributed by atoms with Crippen LogP contribution in [0.5, 0.6) is 0 Å². The normalized spacial score (nSPS) is 10.3. The van der Waals surface area contributed by atoms with Crippen LogP contribution in [0.15, 0.2) is 30.6 Å². The van der Waals surface area contributed by atoms with E-state index in [0.29, 0.717) is 16.3 Å². The molecule has 0 aliphatic carbocycles. The average Bonchev–Trinajstić information content (AvgIpc) is 2.22. The van der Waals surface area contributed by atoms with Gasteiger partial charge in [0.25, 0.3) is 0 Å². The highest BCUT2D eigenvalue weighted by molar-refractivity contribution is 6.30. The molecule has 76 valence electrons. The first-order chi connectivity index (χ1) is 7.16. The van der Waals surface area contributed by atoms with Crippen molar-refractivity contribution in [1.29, 1.82) is 0 Å². The Morgan fingerprint density at radius 1 is 1.27 bits per heavy atom. The first-order valence-electron chi connectivity index (χ1n) is 4.20. The third-order valence-corrected chi connectivity index (χ3v) is 2.09. The van der Waals surface area contributed by atoms with E-state index in [9.17, 15) is 4.39 Å². The maximum atomic E-state index is 13.4. The van der Waals surface area contributed by atoms with E-state index in [1.165, 1.54) is 30.6 Å². The van der Waals surface area contributed by atoms with Crippen molar-refractivity contribution in [2.45, 2.75) is 0 Å². The number of benzene rings is 1. The molecule has 0 bridgehead atoms. The van der Waals surface area contributed by atoms with Crippen molar-refractivity contribution < 1.29 is 4.39 Å². The Morgan fingerprint density at radius 2 is 2.07 bits per heavy atom. The van der Waals surface area contributed by atoms with Crippen LogP contribution in [-0.2, 0) is 0 Å². The number of aromatic nitrogens is 2. The van der Waals surface area contributed by atoms with E-state index in [0.717, 1.165) is 0 Å². The summed E-state index contributed by atoms with van der Waals surface area (Å²) < 4.78 is 13.4. The lowest BCUT2D eigenvalue weighted by molar-refractivity contribution is 0.630. The van der Waals surface area contributed by atoms with Gasteiger partial charge in [-0.25, -0.2) is 9.37 Å². The lowest BCUT2D eigenvalue weighted by Crippen LogP contribution is -1.95. The molecule has 0 unspecified atom stereocenters. The SMILES string of the molecule is Nc1cncc(-c2cc(Cl)ccc2F)n1. The quantitative estimate of drug-likeness (QED) is 0.808. The maximum Gasteiger partial charge on any atom is 0.142 e. The van der Waals surface area contributed by atoms with Crippen LogP contribution in [0.25, 0.3) is 11.3 Å². The standard InChI is InChI=1S/C10H7ClFN3/c11-6-1-2-8(12)7(3-6)9-4-14-5-10(13)15-9/h1-5H,(H2,13,15). The number of hydrogen-bond acceptors (Lipinski definition) is 3. The Bertz CT molecular complexity index is 502. The third kappa shape index (κ3) is 2.05. The van der Waals surface area contributed by atoms with Gasteiger partial charge in [0.1, 0.15) is 11.6 Å². The van der Waals surface area contributed by atoms with Gasteiger partial charge in [-0.1, -0.05) is 11.6 Å². The molecule has 0 amide bonds. The first kappa shape index (κ1) is 9.86. The van der Waals surface area contributed by atoms with Gasteiger partial charge in [0.05, 0.1) is 18.1 Å². The fourth-order valence-corrected chi connectivity index (χ4v) is 1.38. The topological polar surface area (TPSA) is 51.8 Å². The summed E-state index contributed by atoms with van der Waals surface area (Å²) in [6, 6.07) is 4.24. The lowest BCUT2D eigenvalue weighted by atomic mass is 10.1. The molecule has 1 heterocycles. The van der Waals surface area contributed by atoms with Gasteiger partial charge in [0.15, 0.2) is 0 Å². The predicted molar refractivity (Wildman–Crippen MR) is 56.8 cm³/mol. The van der Waals surface area contributed by atoms with Crippen LogP contribution in [-0.4, -0.2) is 9.97 Å². The van der Waals surface area contributed by atoms with E-state index in [1.807, 2.05) is 0 Å². The minimum absolute atomic E-state index is 0.242. The number of nitrogens with zero attached hydrogens (tertiary/aromatic N) is 2. The van der Waals surface area contributed by atoms with Gasteiger partial charge in [-0.2, -0.15) is 0 Å². The molecule has 0 fully saturated rings. The van der Waals surface area contributed by atoms with Crippen LogP contribution < -0.4 is 5.73 Å². The number of hydrogen-bond donors (Lipinski definition) is 1. The number of anilines is 1. The van der Waals surface area contributed by atoms with Crippen LogP contribution in [0, 0.1) is 5.82 Å². The molecular formula is C10H7ClFN3. The Hall–Kier alpha value is -1.68. The highest BCUT2D eigenvalue weighted by Crippen LogP contribution is 2.24. The van der Waals surface area contributed by atoms with Crippen molar-refractivity contribution in [2.24, 2.45) is 0 Å². The summed E-state index contributed by atoms with van der Waals surface area (Å²) in [7, 11) is 0. The monoisotopic (exact) mass is 223 g/mol. The van der Waals surface area contributed by atoms with E-state index in [1.54, 1.807) is 0 Å². The van der Waals surface area contributed by atoms with Crippen LogP contribution in [0.4, 0.5) is 10.2 Å². The van der Waals surface area contributed by atoms with Crippen molar-refractivity contribution in [2.75, 3.05) is 5.73 Å². The molecule has 0 saturated carbocycles. The summed E-state index contributed by atoms with van der Waals surface area (Å²) in [4.78, 5) is 7.80. The molecule has 2 aromatic rings. The largest absolute Gasteiger partial charge is 0.382 e. The molecule has 1 aromatic carbocycles. The van der Waals surface area contributed by atoms with Crippen molar-refractivity contribution in [3.63, 3.8) is 0 Å². The zero-order chi connectivity index (χ0) is 10.8. The van der Waals surface area contributed by atoms with Crippen molar-refractivity contribution in [3.05, 3.63) is 41.4 Å². The Morgan fingerprint density at radius 3 is 2.80 bits per heavy atom. The molecule has 0 saturated heterocycles. The van der Waals surface area contributed by atoms with Crippen LogP contribution in [0.3, 0.4) is 0 Å². The molecule has 15 heavy (non-hydrogen) atoms. The van der Waals surface area contributed by atoms with Gasteiger partial charge in [-0.3, -0.25) is 4.98 Å². The second-order valence-electron chi connectivity index (χ2n) is 2.95. The molecule has 0 atom stereocenters. The van der Waals surface area contributed by atoms with Crippen LogP contribution in [0.2, 0.25) is 5.02 Å². The van der Waals surface area contributed by atoms with Gasteiger partial charge in [0.2, 0.25) is 0 Å². The zero-order valence-electron chi connectivity index (χ0n) is 7.61. The number of rotatable bonds is 1. The van der Waals surface area contributed by atoms with Gasteiger partial charge in [0, 0.05) is 10.6 Å². The molecule has 0 aliphatic rings. The number of halogens is 2. The Kier molecular flexibility index (Phi) is 2.51. The molecule has 5 heteroatoms. The van der Waals surface area contributed by atoms with E-state index in [2.05, 4.69) is 9.97 Å². The van der Waals surface area contributed by atoms with Crippen molar-refractivity contribution in [1.82, 2.24) is 9.97 Å². The smallest absolute Gasteiger partial charge is 0.142 e. The first-order valence-corrected chi connectivity index (χ1v) is 4.57. The van der Waals surface area contributed by atoms with E-state index >= 15 is 0 Å². The summed E-state index contributed by atoms with van der Waals surface area (Å²) in [5.41, 5.74) is 6.12. The fourth-order valence-electron chi connectivity index (χ4n) is 1.20. The Balaban J connectivity index is 2.58. The summed E-state index contributed by atoms with van der Waals surface area (Å²) in [5, 5.41) is 0.440. The summed E-state index contributed by atoms with van der Waals surface area (Å²) in [5.74, 6) is -0.161. The lowest BCUT2D eigenvalue weighted by Gasteiger charge is -2.03. The van der Waals surface area contributed by atoms with Crippen molar-refractivity contribution in [3.8, 4) is 11.3 Å². The maximum absolute atomic E-state index is 13.4. The van der Waals surface area contributed by atoms with Gasteiger partial charge >= 0.3 is 0 Å². The summed E-state index contributed by atoms with van der Waals surface area (Å²) in [6.45, 7) is 0. The number of nitrogens with two attached hydrogens (primary N) is 1.